The summed E-state index contributed by atoms with van der Waals surface area (Å²) in [4.78, 5) is 26.3. The fraction of sp³-hybridized carbons (Fsp3) is 0.0286. The molecule has 5 aromatic carbocycles. The number of carbonyl (C=O) groups is 2. The SMILES string of the molecule is O=C1Nc2ccc(NS(=O)(=O)c3ccccc3)cc2C1=C(Nc1ccc(C(=O)NCc2ccccc2)cc1)c1ccccc1. The van der Waals surface area contributed by atoms with Crippen molar-refractivity contribution in [3.8, 4) is 0 Å². The zero-order chi connectivity index (χ0) is 30.5. The van der Waals surface area contributed by atoms with Crippen LogP contribution in [0.1, 0.15) is 27.0 Å². The van der Waals surface area contributed by atoms with Crippen molar-refractivity contribution in [2.24, 2.45) is 0 Å². The number of sulfonamides is 1. The molecule has 9 heteroatoms. The van der Waals surface area contributed by atoms with Crippen LogP contribution in [0.2, 0.25) is 0 Å². The lowest BCUT2D eigenvalue weighted by atomic mass is 9.99. The number of fused-ring (bicyclic) bond motifs is 1. The van der Waals surface area contributed by atoms with Crippen LogP contribution in [0.4, 0.5) is 17.1 Å². The van der Waals surface area contributed by atoms with Gasteiger partial charge in [0.25, 0.3) is 21.8 Å². The average Bonchev–Trinajstić information content (AvgIpc) is 3.38. The second-order valence-corrected chi connectivity index (χ2v) is 11.8. The molecule has 2 amide bonds. The number of amides is 2. The molecule has 4 N–H and O–H groups in total. The summed E-state index contributed by atoms with van der Waals surface area (Å²) in [6, 6.07) is 39.1. The van der Waals surface area contributed by atoms with Gasteiger partial charge < -0.3 is 16.0 Å². The molecule has 6 rings (SSSR count). The predicted octanol–water partition coefficient (Wildman–Crippen LogP) is 6.35. The Labute approximate surface area is 255 Å². The van der Waals surface area contributed by atoms with Gasteiger partial charge in [-0.15, -0.1) is 0 Å². The summed E-state index contributed by atoms with van der Waals surface area (Å²) in [5.74, 6) is -0.525. The molecule has 0 saturated heterocycles. The van der Waals surface area contributed by atoms with E-state index in [-0.39, 0.29) is 16.7 Å². The van der Waals surface area contributed by atoms with E-state index in [0.29, 0.717) is 46.0 Å². The van der Waals surface area contributed by atoms with Crippen molar-refractivity contribution in [1.82, 2.24) is 5.32 Å². The Bertz CT molecular complexity index is 1960. The predicted molar refractivity (Wildman–Crippen MR) is 173 cm³/mol. The molecule has 1 heterocycles. The van der Waals surface area contributed by atoms with Crippen molar-refractivity contribution in [1.29, 1.82) is 0 Å². The molecule has 0 fully saturated rings. The van der Waals surface area contributed by atoms with Crippen molar-refractivity contribution in [3.63, 3.8) is 0 Å². The van der Waals surface area contributed by atoms with Gasteiger partial charge in [-0.3, -0.25) is 14.3 Å². The van der Waals surface area contributed by atoms with Crippen LogP contribution in [0.25, 0.3) is 11.3 Å². The van der Waals surface area contributed by atoms with Gasteiger partial charge in [0.2, 0.25) is 0 Å². The van der Waals surface area contributed by atoms with Crippen molar-refractivity contribution in [3.05, 3.63) is 156 Å². The van der Waals surface area contributed by atoms with Crippen molar-refractivity contribution >= 4 is 50.2 Å². The number of nitrogens with one attached hydrogen (secondary N) is 4. The maximum absolute atomic E-state index is 13.4. The van der Waals surface area contributed by atoms with Gasteiger partial charge in [0.05, 0.1) is 16.2 Å². The fourth-order valence-corrected chi connectivity index (χ4v) is 5.98. The number of carbonyl (C=O) groups excluding carboxylic acids is 2. The minimum Gasteiger partial charge on any atom is -0.354 e. The minimum absolute atomic E-state index is 0.134. The Kier molecular flexibility index (Phi) is 7.94. The maximum Gasteiger partial charge on any atom is 0.261 e. The van der Waals surface area contributed by atoms with Crippen LogP contribution in [-0.4, -0.2) is 20.2 Å². The topological polar surface area (TPSA) is 116 Å². The molecular weight excluding hydrogens is 572 g/mol. The standard InChI is InChI=1S/C35H28N4O4S/c40-34(36-23-24-10-4-1-5-11-24)26-16-18-27(19-17-26)37-33(25-12-6-2-7-13-25)32-30-22-28(20-21-31(30)38-35(32)41)39-44(42,43)29-14-8-3-9-15-29/h1-22,37,39H,23H2,(H,36,40)(H,38,41). The van der Waals surface area contributed by atoms with Crippen LogP contribution < -0.4 is 20.7 Å². The van der Waals surface area contributed by atoms with Gasteiger partial charge in [-0.05, 0) is 65.7 Å². The quantitative estimate of drug-likeness (QED) is 0.147. The lowest BCUT2D eigenvalue weighted by molar-refractivity contribution is -0.110. The van der Waals surface area contributed by atoms with E-state index in [2.05, 4.69) is 20.7 Å². The molecular formula is C35H28N4O4S. The summed E-state index contributed by atoms with van der Waals surface area (Å²) < 4.78 is 28.6. The Hall–Kier alpha value is -5.67. The van der Waals surface area contributed by atoms with Gasteiger partial charge in [-0.1, -0.05) is 78.9 Å². The third kappa shape index (κ3) is 6.23. The molecule has 0 aromatic heterocycles. The van der Waals surface area contributed by atoms with Crippen LogP contribution in [0, 0.1) is 0 Å². The first-order chi connectivity index (χ1) is 21.4. The first kappa shape index (κ1) is 28.4. The zero-order valence-electron chi connectivity index (χ0n) is 23.5. The van der Waals surface area contributed by atoms with Crippen molar-refractivity contribution < 1.29 is 18.0 Å². The Morgan fingerprint density at radius 1 is 0.682 bits per heavy atom. The Morgan fingerprint density at radius 2 is 1.30 bits per heavy atom. The first-order valence-corrected chi connectivity index (χ1v) is 15.4. The summed E-state index contributed by atoms with van der Waals surface area (Å²) in [5.41, 5.74) is 5.25. The molecule has 5 aromatic rings. The van der Waals surface area contributed by atoms with Gasteiger partial charge >= 0.3 is 0 Å². The fourth-order valence-electron chi connectivity index (χ4n) is 4.91. The number of hydrogen-bond acceptors (Lipinski definition) is 5. The number of hydrogen-bond donors (Lipinski definition) is 4. The summed E-state index contributed by atoms with van der Waals surface area (Å²) in [6.45, 7) is 0.419. The third-order valence-corrected chi connectivity index (χ3v) is 8.49. The Balaban J connectivity index is 1.30. The monoisotopic (exact) mass is 600 g/mol. The highest BCUT2D eigenvalue weighted by atomic mass is 32.2. The van der Waals surface area contributed by atoms with Gasteiger partial charge in [0.1, 0.15) is 0 Å². The van der Waals surface area contributed by atoms with E-state index in [1.54, 1.807) is 60.7 Å². The van der Waals surface area contributed by atoms with Crippen LogP contribution in [0.3, 0.4) is 0 Å². The molecule has 44 heavy (non-hydrogen) atoms. The summed E-state index contributed by atoms with van der Waals surface area (Å²) in [5, 5.41) is 9.19. The third-order valence-electron chi connectivity index (χ3n) is 7.09. The average molecular weight is 601 g/mol. The molecule has 1 aliphatic rings. The zero-order valence-corrected chi connectivity index (χ0v) is 24.3. The van der Waals surface area contributed by atoms with Gasteiger partial charge in [0, 0.05) is 34.7 Å². The van der Waals surface area contributed by atoms with Crippen LogP contribution in [0.5, 0.6) is 0 Å². The number of rotatable bonds is 9. The van der Waals surface area contributed by atoms with Crippen molar-refractivity contribution in [2.45, 2.75) is 11.4 Å². The molecule has 0 aliphatic carbocycles. The molecule has 0 spiro atoms. The maximum atomic E-state index is 13.4. The van der Waals surface area contributed by atoms with E-state index < -0.39 is 10.0 Å². The molecule has 0 bridgehead atoms. The minimum atomic E-state index is -3.83. The molecule has 0 saturated carbocycles. The number of benzene rings is 5. The van der Waals surface area contributed by atoms with E-state index in [0.717, 1.165) is 11.1 Å². The smallest absolute Gasteiger partial charge is 0.261 e. The second-order valence-electron chi connectivity index (χ2n) is 10.1. The van der Waals surface area contributed by atoms with Crippen molar-refractivity contribution in [2.75, 3.05) is 15.4 Å². The largest absolute Gasteiger partial charge is 0.354 e. The van der Waals surface area contributed by atoms with Crippen LogP contribution in [-0.2, 0) is 21.4 Å². The molecule has 1 aliphatic heterocycles. The normalized spacial score (nSPS) is 13.4. The molecule has 0 unspecified atom stereocenters. The highest BCUT2D eigenvalue weighted by molar-refractivity contribution is 7.92. The van der Waals surface area contributed by atoms with E-state index in [1.165, 1.54) is 12.1 Å². The lowest BCUT2D eigenvalue weighted by Gasteiger charge is -2.16. The van der Waals surface area contributed by atoms with E-state index in [9.17, 15) is 18.0 Å². The summed E-state index contributed by atoms with van der Waals surface area (Å²) in [7, 11) is -3.83. The summed E-state index contributed by atoms with van der Waals surface area (Å²) in [6.07, 6.45) is 0. The van der Waals surface area contributed by atoms with Crippen LogP contribution >= 0.6 is 0 Å². The van der Waals surface area contributed by atoms with E-state index in [4.69, 9.17) is 0 Å². The lowest BCUT2D eigenvalue weighted by Crippen LogP contribution is -2.22. The highest BCUT2D eigenvalue weighted by Crippen LogP contribution is 2.39. The Morgan fingerprint density at radius 3 is 1.98 bits per heavy atom. The van der Waals surface area contributed by atoms with Gasteiger partial charge in [-0.2, -0.15) is 0 Å². The number of anilines is 3. The molecule has 0 radical (unpaired) electrons. The first-order valence-electron chi connectivity index (χ1n) is 13.9. The highest BCUT2D eigenvalue weighted by Gasteiger charge is 2.29. The van der Waals surface area contributed by atoms with E-state index >= 15 is 0 Å². The van der Waals surface area contributed by atoms with Gasteiger partial charge in [0.15, 0.2) is 0 Å². The molecule has 0 atom stereocenters. The summed E-state index contributed by atoms with van der Waals surface area (Å²) >= 11 is 0. The second kappa shape index (κ2) is 12.3. The molecule has 8 nitrogen and oxygen atoms in total. The van der Waals surface area contributed by atoms with E-state index in [1.807, 2.05) is 60.7 Å². The van der Waals surface area contributed by atoms with Gasteiger partial charge in [-0.25, -0.2) is 8.42 Å². The molecule has 218 valence electrons. The van der Waals surface area contributed by atoms with Crippen LogP contribution in [0.15, 0.2) is 138 Å².